The second-order valence-corrected chi connectivity index (χ2v) is 11.2. The molecule has 0 unspecified atom stereocenters. The summed E-state index contributed by atoms with van der Waals surface area (Å²) in [5.74, 6) is -0.152. The van der Waals surface area contributed by atoms with Crippen LogP contribution in [0, 0.1) is 13.8 Å². The van der Waals surface area contributed by atoms with Gasteiger partial charge in [0.05, 0.1) is 30.6 Å². The van der Waals surface area contributed by atoms with E-state index in [2.05, 4.69) is 24.4 Å². The average molecular weight is 586 g/mol. The number of hydrogen-bond donors (Lipinski definition) is 1. The summed E-state index contributed by atoms with van der Waals surface area (Å²) in [5, 5.41) is 0.596. The quantitative estimate of drug-likeness (QED) is 0.277. The first-order valence-electron chi connectivity index (χ1n) is 11.2. The van der Waals surface area contributed by atoms with Crippen LogP contribution in [0.1, 0.15) is 10.7 Å². The van der Waals surface area contributed by atoms with Crippen molar-refractivity contribution in [1.29, 1.82) is 0 Å². The van der Waals surface area contributed by atoms with Crippen molar-refractivity contribution in [1.82, 2.24) is 19.4 Å². The average Bonchev–Trinajstić information content (AvgIpc) is 3.22. The number of pyridine rings is 2. The maximum absolute atomic E-state index is 13.0. The van der Waals surface area contributed by atoms with Crippen molar-refractivity contribution >= 4 is 32.7 Å². The van der Waals surface area contributed by atoms with Gasteiger partial charge in [0.2, 0.25) is 11.6 Å². The van der Waals surface area contributed by atoms with Gasteiger partial charge in [-0.1, -0.05) is 0 Å². The van der Waals surface area contributed by atoms with Crippen molar-refractivity contribution in [2.75, 3.05) is 31.7 Å². The highest BCUT2D eigenvalue weighted by atomic mass is 32.2. The molecule has 208 valence electrons. The van der Waals surface area contributed by atoms with Gasteiger partial charge in [-0.2, -0.15) is 13.2 Å². The Morgan fingerprint density at radius 3 is 2.54 bits per heavy atom. The van der Waals surface area contributed by atoms with Crippen molar-refractivity contribution in [3.05, 3.63) is 57.8 Å². The number of methoxy groups -OCH3 is 1. The number of rotatable bonds is 10. The second kappa shape index (κ2) is 11.2. The third-order valence-corrected chi connectivity index (χ3v) is 8.20. The van der Waals surface area contributed by atoms with Gasteiger partial charge in [-0.25, -0.2) is 23.4 Å². The molecule has 0 atom stereocenters. The molecule has 0 bridgehead atoms. The first-order valence-corrected chi connectivity index (χ1v) is 13.5. The molecule has 0 radical (unpaired) electrons. The lowest BCUT2D eigenvalue weighted by Crippen LogP contribution is -2.22. The summed E-state index contributed by atoms with van der Waals surface area (Å²) >= 11 is 1.03. The van der Waals surface area contributed by atoms with E-state index in [9.17, 15) is 26.4 Å². The van der Waals surface area contributed by atoms with E-state index in [1.54, 1.807) is 26.0 Å². The first kappa shape index (κ1) is 28.3. The summed E-state index contributed by atoms with van der Waals surface area (Å²) in [6, 6.07) is 4.72. The SMILES string of the molecule is COc1ncc(-c2ccc3ncc(OCCOCC(F)(F)F)c(=O)n3c2)cc1NS(=O)(=O)c1sc(C)nc1C. The van der Waals surface area contributed by atoms with E-state index < -0.39 is 28.4 Å². The van der Waals surface area contributed by atoms with Crippen LogP contribution in [0.2, 0.25) is 0 Å². The van der Waals surface area contributed by atoms with Crippen LogP contribution in [-0.4, -0.2) is 60.9 Å². The van der Waals surface area contributed by atoms with Crippen molar-refractivity contribution < 1.29 is 35.8 Å². The van der Waals surface area contributed by atoms with E-state index in [1.165, 1.54) is 36.2 Å². The number of alkyl halides is 3. The Morgan fingerprint density at radius 1 is 1.10 bits per heavy atom. The Bertz CT molecular complexity index is 1670. The van der Waals surface area contributed by atoms with Crippen molar-refractivity contribution in [2.45, 2.75) is 24.2 Å². The van der Waals surface area contributed by atoms with Gasteiger partial charge in [0, 0.05) is 23.5 Å². The molecule has 4 aromatic rings. The van der Waals surface area contributed by atoms with Gasteiger partial charge in [0.15, 0.2) is 4.21 Å². The minimum absolute atomic E-state index is 0.0317. The summed E-state index contributed by atoms with van der Waals surface area (Å²) in [4.78, 5) is 25.4. The highest BCUT2D eigenvalue weighted by Crippen LogP contribution is 2.32. The van der Waals surface area contributed by atoms with Crippen LogP contribution in [0.15, 0.2) is 45.8 Å². The zero-order chi connectivity index (χ0) is 28.4. The number of halogens is 3. The van der Waals surface area contributed by atoms with Crippen molar-refractivity contribution in [3.8, 4) is 22.8 Å². The number of aryl methyl sites for hydroxylation is 2. The molecule has 0 spiro atoms. The fourth-order valence-electron chi connectivity index (χ4n) is 3.53. The van der Waals surface area contributed by atoms with Crippen LogP contribution in [-0.2, 0) is 14.8 Å². The molecule has 0 aliphatic rings. The standard InChI is InChI=1S/C23H22F3N5O6S2/c1-13-22(38-14(2)29-13)39(33,34)30-17-8-16(9-28-20(17)35-3)15-4-5-19-27-10-18(21(32)31(19)11-15)37-7-6-36-12-23(24,25)26/h4-5,8-11,30H,6-7,12H2,1-3H3. The van der Waals surface area contributed by atoms with Crippen LogP contribution in [0.25, 0.3) is 16.8 Å². The molecule has 0 aromatic carbocycles. The van der Waals surface area contributed by atoms with Crippen molar-refractivity contribution in [2.24, 2.45) is 0 Å². The molecule has 4 aromatic heterocycles. The number of ether oxygens (including phenoxy) is 3. The molecular formula is C23H22F3N5O6S2. The molecule has 0 aliphatic carbocycles. The number of nitrogens with zero attached hydrogens (tertiary/aromatic N) is 4. The summed E-state index contributed by atoms with van der Waals surface area (Å²) in [7, 11) is -2.65. The molecule has 16 heteroatoms. The smallest absolute Gasteiger partial charge is 0.411 e. The number of hydrogen-bond acceptors (Lipinski definition) is 10. The lowest BCUT2D eigenvalue weighted by molar-refractivity contribution is -0.175. The third kappa shape index (κ3) is 6.63. The number of nitrogens with one attached hydrogen (secondary N) is 1. The van der Waals surface area contributed by atoms with Crippen LogP contribution in [0.5, 0.6) is 11.6 Å². The van der Waals surface area contributed by atoms with Crippen molar-refractivity contribution in [3.63, 3.8) is 0 Å². The Morgan fingerprint density at radius 2 is 1.87 bits per heavy atom. The first-order chi connectivity index (χ1) is 18.4. The lowest BCUT2D eigenvalue weighted by atomic mass is 10.1. The Kier molecular flexibility index (Phi) is 8.08. The number of anilines is 1. The molecule has 4 heterocycles. The van der Waals surface area contributed by atoms with Gasteiger partial charge in [0.25, 0.3) is 15.6 Å². The molecule has 0 saturated carbocycles. The minimum Gasteiger partial charge on any atom is -0.484 e. The molecule has 0 aliphatic heterocycles. The van der Waals surface area contributed by atoms with Crippen LogP contribution < -0.4 is 19.8 Å². The third-order valence-electron chi connectivity index (χ3n) is 5.15. The molecule has 0 saturated heterocycles. The number of thiazole rings is 1. The van der Waals surface area contributed by atoms with E-state index in [-0.39, 0.29) is 40.4 Å². The molecule has 4 rings (SSSR count). The largest absolute Gasteiger partial charge is 0.484 e. The molecule has 0 amide bonds. The zero-order valence-electron chi connectivity index (χ0n) is 20.8. The van der Waals surface area contributed by atoms with E-state index in [0.717, 1.165) is 11.3 Å². The summed E-state index contributed by atoms with van der Waals surface area (Å²) in [6.07, 6.45) is -0.394. The normalized spacial score (nSPS) is 12.1. The predicted octanol–water partition coefficient (Wildman–Crippen LogP) is 3.60. The number of aromatic nitrogens is 4. The maximum Gasteiger partial charge on any atom is 0.411 e. The Balaban J connectivity index is 1.61. The van der Waals surface area contributed by atoms with E-state index >= 15 is 0 Å². The van der Waals surface area contributed by atoms with E-state index in [0.29, 0.717) is 21.8 Å². The van der Waals surface area contributed by atoms with Gasteiger partial charge in [0.1, 0.15) is 24.5 Å². The summed E-state index contributed by atoms with van der Waals surface area (Å²) in [5.41, 5.74) is 1.05. The molecular weight excluding hydrogens is 563 g/mol. The Hall–Kier alpha value is -3.76. The van der Waals surface area contributed by atoms with Gasteiger partial charge in [-0.3, -0.25) is 13.9 Å². The highest BCUT2D eigenvalue weighted by molar-refractivity contribution is 7.94. The van der Waals surface area contributed by atoms with E-state index in [1.807, 2.05) is 0 Å². The molecule has 1 N–H and O–H groups in total. The summed E-state index contributed by atoms with van der Waals surface area (Å²) in [6.45, 7) is 1.21. The fraction of sp³-hybridized carbons (Fsp3) is 0.304. The van der Waals surface area contributed by atoms with E-state index in [4.69, 9.17) is 9.47 Å². The van der Waals surface area contributed by atoms with Crippen LogP contribution in [0.3, 0.4) is 0 Å². The topological polar surface area (TPSA) is 134 Å². The number of sulfonamides is 1. The Labute approximate surface area is 224 Å². The van der Waals surface area contributed by atoms with Gasteiger partial charge >= 0.3 is 6.18 Å². The van der Waals surface area contributed by atoms with Crippen LogP contribution in [0.4, 0.5) is 18.9 Å². The molecule has 11 nitrogen and oxygen atoms in total. The monoisotopic (exact) mass is 585 g/mol. The minimum atomic E-state index is -4.46. The number of fused-ring (bicyclic) bond motifs is 1. The van der Waals surface area contributed by atoms with Gasteiger partial charge in [-0.15, -0.1) is 11.3 Å². The molecule has 0 fully saturated rings. The second-order valence-electron chi connectivity index (χ2n) is 8.08. The maximum atomic E-state index is 13.0. The lowest BCUT2D eigenvalue weighted by Gasteiger charge is -2.13. The van der Waals surface area contributed by atoms with Gasteiger partial charge in [-0.05, 0) is 32.0 Å². The zero-order valence-corrected chi connectivity index (χ0v) is 22.4. The molecule has 39 heavy (non-hydrogen) atoms. The van der Waals surface area contributed by atoms with Gasteiger partial charge < -0.3 is 14.2 Å². The fourth-order valence-corrected chi connectivity index (χ4v) is 6.06. The predicted molar refractivity (Wildman–Crippen MR) is 136 cm³/mol. The van der Waals surface area contributed by atoms with Crippen LogP contribution >= 0.6 is 11.3 Å². The highest BCUT2D eigenvalue weighted by Gasteiger charge is 2.27. The summed E-state index contributed by atoms with van der Waals surface area (Å²) < 4.78 is 81.3.